The molecule has 0 aromatic heterocycles. The fourth-order valence-corrected chi connectivity index (χ4v) is 3.88. The van der Waals surface area contributed by atoms with Gasteiger partial charge in [0.25, 0.3) is 0 Å². The summed E-state index contributed by atoms with van der Waals surface area (Å²) in [6, 6.07) is 17.8. The largest absolute Gasteiger partial charge is 0.335 e. The summed E-state index contributed by atoms with van der Waals surface area (Å²) in [6.45, 7) is 1.26. The van der Waals surface area contributed by atoms with Crippen molar-refractivity contribution >= 4 is 29.4 Å². The molecule has 5 amide bonds. The summed E-state index contributed by atoms with van der Waals surface area (Å²) < 4.78 is 0. The maximum Gasteiger partial charge on any atom is 0.335 e. The molecule has 2 aliphatic heterocycles. The van der Waals surface area contributed by atoms with Gasteiger partial charge < -0.3 is 5.32 Å². The molecule has 8 nitrogen and oxygen atoms in total. The van der Waals surface area contributed by atoms with E-state index in [0.29, 0.717) is 25.9 Å². The fourth-order valence-electron chi connectivity index (χ4n) is 3.88. The Morgan fingerprint density at radius 2 is 1.42 bits per heavy atom. The van der Waals surface area contributed by atoms with Crippen LogP contribution in [0.4, 0.5) is 10.5 Å². The summed E-state index contributed by atoms with van der Waals surface area (Å²) in [6.07, 6.45) is 1.24. The van der Waals surface area contributed by atoms with Crippen molar-refractivity contribution in [2.45, 2.75) is 19.4 Å². The molecular formula is C23H24N4O4. The molecule has 2 aliphatic rings. The van der Waals surface area contributed by atoms with Gasteiger partial charge in [0.15, 0.2) is 0 Å². The van der Waals surface area contributed by atoms with Crippen LogP contribution in [0.1, 0.15) is 18.4 Å². The minimum atomic E-state index is -0.801. The number of benzene rings is 2. The number of urea groups is 1. The maximum absolute atomic E-state index is 12.7. The predicted molar refractivity (Wildman–Crippen MR) is 113 cm³/mol. The molecule has 4 rings (SSSR count). The van der Waals surface area contributed by atoms with E-state index in [-0.39, 0.29) is 25.0 Å². The highest BCUT2D eigenvalue weighted by atomic mass is 16.2. The Morgan fingerprint density at radius 3 is 2.06 bits per heavy atom. The van der Waals surface area contributed by atoms with E-state index in [9.17, 15) is 19.2 Å². The van der Waals surface area contributed by atoms with Crippen LogP contribution in [0, 0.1) is 5.92 Å². The molecule has 0 unspecified atom stereocenters. The molecule has 160 valence electrons. The van der Waals surface area contributed by atoms with Crippen molar-refractivity contribution in [3.05, 3.63) is 66.2 Å². The number of likely N-dealkylation sites (tertiary alicyclic amines) is 1. The topological polar surface area (TPSA) is 90.0 Å². The molecule has 8 heteroatoms. The third-order valence-electron chi connectivity index (χ3n) is 5.66. The van der Waals surface area contributed by atoms with E-state index in [1.165, 1.54) is 0 Å². The van der Waals surface area contributed by atoms with Gasteiger partial charge in [-0.3, -0.25) is 24.2 Å². The first-order valence-electron chi connectivity index (χ1n) is 10.3. The van der Waals surface area contributed by atoms with Crippen molar-refractivity contribution < 1.29 is 19.2 Å². The lowest BCUT2D eigenvalue weighted by Gasteiger charge is -2.32. The molecule has 0 bridgehead atoms. The van der Waals surface area contributed by atoms with Crippen molar-refractivity contribution in [1.29, 1.82) is 0 Å². The second kappa shape index (κ2) is 9.09. The number of para-hydroxylation sites is 1. The summed E-state index contributed by atoms with van der Waals surface area (Å²) in [5, 5.41) is 2.92. The van der Waals surface area contributed by atoms with Crippen LogP contribution >= 0.6 is 0 Å². The fraction of sp³-hybridized carbons (Fsp3) is 0.304. The average molecular weight is 420 g/mol. The van der Waals surface area contributed by atoms with Gasteiger partial charge in [0.2, 0.25) is 5.91 Å². The van der Waals surface area contributed by atoms with E-state index in [2.05, 4.69) is 5.32 Å². The van der Waals surface area contributed by atoms with Gasteiger partial charge >= 0.3 is 17.8 Å². The van der Waals surface area contributed by atoms with E-state index < -0.39 is 17.8 Å². The standard InChI is InChI=1S/C23H24N4O4/c28-20(24-19-9-5-2-6-10-19)18-11-13-25(14-12-18)16-27-22(30)21(29)26(23(27)31)15-17-7-3-1-4-8-17/h1-10,18H,11-16H2,(H,24,28). The quantitative estimate of drug-likeness (QED) is 0.572. The van der Waals surface area contributed by atoms with Crippen molar-refractivity contribution in [3.8, 4) is 0 Å². The second-order valence-corrected chi connectivity index (χ2v) is 7.78. The zero-order valence-corrected chi connectivity index (χ0v) is 17.1. The van der Waals surface area contributed by atoms with Crippen LogP contribution in [0.3, 0.4) is 0 Å². The Hall–Kier alpha value is -3.52. The monoisotopic (exact) mass is 420 g/mol. The Kier molecular flexibility index (Phi) is 6.08. The molecule has 2 heterocycles. The number of anilines is 1. The minimum absolute atomic E-state index is 0.0246. The molecule has 0 saturated carbocycles. The Bertz CT molecular complexity index is 972. The summed E-state index contributed by atoms with van der Waals surface area (Å²) in [7, 11) is 0. The second-order valence-electron chi connectivity index (χ2n) is 7.78. The molecule has 2 aromatic rings. The van der Waals surface area contributed by atoms with E-state index in [1.807, 2.05) is 53.4 Å². The zero-order chi connectivity index (χ0) is 21.8. The van der Waals surface area contributed by atoms with E-state index >= 15 is 0 Å². The van der Waals surface area contributed by atoms with Crippen LogP contribution in [0.2, 0.25) is 0 Å². The van der Waals surface area contributed by atoms with Crippen LogP contribution in [-0.4, -0.2) is 58.2 Å². The molecule has 0 spiro atoms. The molecule has 31 heavy (non-hydrogen) atoms. The van der Waals surface area contributed by atoms with Gasteiger partial charge in [-0.1, -0.05) is 48.5 Å². The summed E-state index contributed by atoms with van der Waals surface area (Å²) in [5.74, 6) is -1.75. The van der Waals surface area contributed by atoms with Crippen molar-refractivity contribution in [2.24, 2.45) is 5.92 Å². The molecule has 2 aromatic carbocycles. The minimum Gasteiger partial charge on any atom is -0.326 e. The number of hydrogen-bond donors (Lipinski definition) is 1. The van der Waals surface area contributed by atoms with Gasteiger partial charge in [-0.25, -0.2) is 9.69 Å². The lowest BCUT2D eigenvalue weighted by molar-refractivity contribution is -0.144. The van der Waals surface area contributed by atoms with Crippen molar-refractivity contribution in [1.82, 2.24) is 14.7 Å². The van der Waals surface area contributed by atoms with Gasteiger partial charge in [-0.05, 0) is 30.5 Å². The molecule has 2 saturated heterocycles. The van der Waals surface area contributed by atoms with Crippen LogP contribution in [0.15, 0.2) is 60.7 Å². The van der Waals surface area contributed by atoms with Gasteiger partial charge in [0.05, 0.1) is 13.2 Å². The average Bonchev–Trinajstić information content (AvgIpc) is 2.99. The summed E-state index contributed by atoms with van der Waals surface area (Å²) in [4.78, 5) is 53.8. The normalized spacial score (nSPS) is 18.0. The molecular weight excluding hydrogens is 396 g/mol. The Labute approximate surface area is 180 Å². The molecule has 2 fully saturated rings. The lowest BCUT2D eigenvalue weighted by atomic mass is 9.96. The van der Waals surface area contributed by atoms with Gasteiger partial charge in [0.1, 0.15) is 0 Å². The number of rotatable bonds is 6. The van der Waals surface area contributed by atoms with Crippen molar-refractivity contribution in [3.63, 3.8) is 0 Å². The first-order valence-corrected chi connectivity index (χ1v) is 10.3. The third kappa shape index (κ3) is 4.64. The number of piperidine rings is 1. The molecule has 0 aliphatic carbocycles. The van der Waals surface area contributed by atoms with Gasteiger partial charge in [-0.2, -0.15) is 0 Å². The molecule has 0 radical (unpaired) electrons. The maximum atomic E-state index is 12.7. The van der Waals surface area contributed by atoms with Gasteiger partial charge in [-0.15, -0.1) is 0 Å². The highest BCUT2D eigenvalue weighted by molar-refractivity contribution is 6.44. The molecule has 1 N–H and O–H groups in total. The number of nitrogens with zero attached hydrogens (tertiary/aromatic N) is 3. The first kappa shape index (κ1) is 20.7. The SMILES string of the molecule is O=C(Nc1ccccc1)C1CCN(CN2C(=O)C(=O)N(Cc3ccccc3)C2=O)CC1. The third-order valence-corrected chi connectivity index (χ3v) is 5.66. The number of carbonyl (C=O) groups excluding carboxylic acids is 4. The van der Waals surface area contributed by atoms with E-state index in [4.69, 9.17) is 0 Å². The van der Waals surface area contributed by atoms with Crippen molar-refractivity contribution in [2.75, 3.05) is 25.1 Å². The molecule has 0 atom stereocenters. The Balaban J connectivity index is 1.31. The van der Waals surface area contributed by atoms with Crippen LogP contribution in [-0.2, 0) is 20.9 Å². The van der Waals surface area contributed by atoms with Gasteiger partial charge in [0, 0.05) is 24.7 Å². The Morgan fingerprint density at radius 1 is 0.839 bits per heavy atom. The smallest absolute Gasteiger partial charge is 0.326 e. The predicted octanol–water partition coefficient (Wildman–Crippen LogP) is 2.29. The highest BCUT2D eigenvalue weighted by Crippen LogP contribution is 2.22. The number of hydrogen-bond acceptors (Lipinski definition) is 5. The van der Waals surface area contributed by atoms with E-state index in [1.54, 1.807) is 12.1 Å². The van der Waals surface area contributed by atoms with Crippen LogP contribution in [0.25, 0.3) is 0 Å². The number of imide groups is 2. The summed E-state index contributed by atoms with van der Waals surface area (Å²) >= 11 is 0. The first-order chi connectivity index (χ1) is 15.0. The lowest BCUT2D eigenvalue weighted by Crippen LogP contribution is -2.46. The highest BCUT2D eigenvalue weighted by Gasteiger charge is 2.45. The van der Waals surface area contributed by atoms with Crippen LogP contribution < -0.4 is 5.32 Å². The number of carbonyl (C=O) groups is 4. The summed E-state index contributed by atoms with van der Waals surface area (Å²) in [5.41, 5.74) is 1.55. The van der Waals surface area contributed by atoms with E-state index in [0.717, 1.165) is 21.1 Å². The zero-order valence-electron chi connectivity index (χ0n) is 17.1. The number of amides is 5. The van der Waals surface area contributed by atoms with Crippen LogP contribution in [0.5, 0.6) is 0 Å². The number of nitrogens with one attached hydrogen (secondary N) is 1.